The van der Waals surface area contributed by atoms with Gasteiger partial charge in [-0.1, -0.05) is 25.1 Å². The van der Waals surface area contributed by atoms with Gasteiger partial charge in [-0.15, -0.1) is 0 Å². The third-order valence-electron chi connectivity index (χ3n) is 3.05. The Kier molecular flexibility index (Phi) is 6.81. The third-order valence-corrected chi connectivity index (χ3v) is 3.05. The molecule has 0 spiro atoms. The molecular weight excluding hydrogens is 273 g/mol. The third kappa shape index (κ3) is 6.35. The molecule has 6 heteroatoms. The molecule has 0 saturated heterocycles. The Morgan fingerprint density at radius 1 is 1.33 bits per heavy atom. The number of carbonyl (C=O) groups excluding carboxylic acids is 2. The fourth-order valence-corrected chi connectivity index (χ4v) is 1.75. The number of imide groups is 1. The number of nitrogens with zero attached hydrogens (tertiary/aromatic N) is 1. The van der Waals surface area contributed by atoms with Gasteiger partial charge in [0.2, 0.25) is 5.91 Å². The van der Waals surface area contributed by atoms with Crippen LogP contribution >= 0.6 is 0 Å². The molecule has 0 aliphatic heterocycles. The van der Waals surface area contributed by atoms with E-state index in [0.29, 0.717) is 12.1 Å². The van der Waals surface area contributed by atoms with Gasteiger partial charge in [-0.3, -0.25) is 15.0 Å². The van der Waals surface area contributed by atoms with E-state index < -0.39 is 11.9 Å². The lowest BCUT2D eigenvalue weighted by molar-refractivity contribution is -0.121. The highest BCUT2D eigenvalue weighted by molar-refractivity contribution is 5.95. The Bertz CT molecular complexity index is 494. The monoisotopic (exact) mass is 295 g/mol. The van der Waals surface area contributed by atoms with Crippen LogP contribution in [-0.2, 0) is 11.3 Å². The molecule has 3 amide bonds. The summed E-state index contributed by atoms with van der Waals surface area (Å²) in [7, 11) is 1.69. The predicted molar refractivity (Wildman–Crippen MR) is 79.2 cm³/mol. The molecule has 1 aromatic carbocycles. The van der Waals surface area contributed by atoms with Crippen molar-refractivity contribution in [3.05, 3.63) is 35.6 Å². The van der Waals surface area contributed by atoms with Crippen LogP contribution < -0.4 is 10.6 Å². The van der Waals surface area contributed by atoms with Gasteiger partial charge in [-0.2, -0.15) is 0 Å². The number of nitrogens with one attached hydrogen (secondary N) is 2. The molecule has 1 rings (SSSR count). The van der Waals surface area contributed by atoms with Crippen LogP contribution in [0.4, 0.5) is 9.18 Å². The van der Waals surface area contributed by atoms with Crippen LogP contribution in [-0.4, -0.2) is 36.5 Å². The highest BCUT2D eigenvalue weighted by atomic mass is 19.1. The van der Waals surface area contributed by atoms with Crippen LogP contribution in [0.5, 0.6) is 0 Å². The molecule has 0 aliphatic carbocycles. The first kappa shape index (κ1) is 17.1. The Hall–Kier alpha value is -1.95. The van der Waals surface area contributed by atoms with Crippen molar-refractivity contribution in [2.45, 2.75) is 32.9 Å². The van der Waals surface area contributed by atoms with Crippen LogP contribution in [0.1, 0.15) is 25.8 Å². The Morgan fingerprint density at radius 2 is 2.00 bits per heavy atom. The molecule has 1 atom stereocenters. The quantitative estimate of drug-likeness (QED) is 0.842. The van der Waals surface area contributed by atoms with E-state index in [0.717, 1.165) is 6.42 Å². The summed E-state index contributed by atoms with van der Waals surface area (Å²) in [4.78, 5) is 24.8. The van der Waals surface area contributed by atoms with Crippen LogP contribution in [0.15, 0.2) is 24.3 Å². The van der Waals surface area contributed by atoms with E-state index in [1.54, 1.807) is 30.1 Å². The molecule has 0 saturated carbocycles. The lowest BCUT2D eigenvalue weighted by Gasteiger charge is -2.17. The number of hydrogen-bond donors (Lipinski definition) is 2. The van der Waals surface area contributed by atoms with Crippen LogP contribution in [0, 0.1) is 5.82 Å². The Labute approximate surface area is 124 Å². The van der Waals surface area contributed by atoms with Gasteiger partial charge in [0.05, 0.1) is 6.54 Å². The first-order chi connectivity index (χ1) is 9.92. The van der Waals surface area contributed by atoms with E-state index in [-0.39, 0.29) is 18.4 Å². The minimum atomic E-state index is -0.506. The largest absolute Gasteiger partial charge is 0.335 e. The van der Waals surface area contributed by atoms with E-state index in [9.17, 15) is 14.0 Å². The summed E-state index contributed by atoms with van der Waals surface area (Å²) in [5, 5.41) is 4.90. The van der Waals surface area contributed by atoms with E-state index in [4.69, 9.17) is 0 Å². The second-order valence-corrected chi connectivity index (χ2v) is 5.09. The Morgan fingerprint density at radius 3 is 2.62 bits per heavy atom. The maximum Gasteiger partial charge on any atom is 0.321 e. The molecule has 116 valence electrons. The summed E-state index contributed by atoms with van der Waals surface area (Å²) in [6.45, 7) is 4.11. The van der Waals surface area contributed by atoms with Gasteiger partial charge in [0.15, 0.2) is 0 Å². The normalized spacial score (nSPS) is 12.0. The van der Waals surface area contributed by atoms with Crippen molar-refractivity contribution in [3.8, 4) is 0 Å². The first-order valence-corrected chi connectivity index (χ1v) is 6.94. The van der Waals surface area contributed by atoms with Gasteiger partial charge >= 0.3 is 6.03 Å². The predicted octanol–water partition coefficient (Wildman–Crippen LogP) is 1.88. The summed E-state index contributed by atoms with van der Waals surface area (Å²) < 4.78 is 13.5. The van der Waals surface area contributed by atoms with Crippen LogP contribution in [0.3, 0.4) is 0 Å². The van der Waals surface area contributed by atoms with Gasteiger partial charge < -0.3 is 5.32 Å². The molecule has 0 bridgehead atoms. The van der Waals surface area contributed by atoms with Crippen molar-refractivity contribution in [1.29, 1.82) is 0 Å². The number of hydrogen-bond acceptors (Lipinski definition) is 3. The van der Waals surface area contributed by atoms with E-state index in [1.165, 1.54) is 6.07 Å². The average molecular weight is 295 g/mol. The molecule has 2 N–H and O–H groups in total. The Balaban J connectivity index is 2.40. The minimum absolute atomic E-state index is 0.00828. The van der Waals surface area contributed by atoms with Crippen molar-refractivity contribution in [3.63, 3.8) is 0 Å². The van der Waals surface area contributed by atoms with Gasteiger partial charge in [0.1, 0.15) is 5.82 Å². The number of urea groups is 1. The second-order valence-electron chi connectivity index (χ2n) is 5.09. The molecule has 0 unspecified atom stereocenters. The van der Waals surface area contributed by atoms with Gasteiger partial charge in [-0.05, 0) is 26.5 Å². The average Bonchev–Trinajstić information content (AvgIpc) is 2.40. The molecule has 0 aromatic heterocycles. The number of likely N-dealkylation sites (N-methyl/N-ethyl adjacent to an activating group) is 1. The minimum Gasteiger partial charge on any atom is -0.335 e. The number of halogens is 1. The topological polar surface area (TPSA) is 61.4 Å². The summed E-state index contributed by atoms with van der Waals surface area (Å²) in [5.41, 5.74) is 0.511. The fourth-order valence-electron chi connectivity index (χ4n) is 1.75. The van der Waals surface area contributed by atoms with Crippen molar-refractivity contribution in [2.24, 2.45) is 0 Å². The van der Waals surface area contributed by atoms with Crippen molar-refractivity contribution >= 4 is 11.9 Å². The summed E-state index contributed by atoms with van der Waals surface area (Å²) >= 11 is 0. The molecular formula is C15H22FN3O2. The first-order valence-electron chi connectivity index (χ1n) is 6.94. The zero-order valence-electron chi connectivity index (χ0n) is 12.6. The zero-order chi connectivity index (χ0) is 15.8. The molecule has 0 heterocycles. The summed E-state index contributed by atoms with van der Waals surface area (Å²) in [6, 6.07) is 5.90. The molecule has 21 heavy (non-hydrogen) atoms. The lowest BCUT2D eigenvalue weighted by atomic mass is 10.2. The van der Waals surface area contributed by atoms with Gasteiger partial charge in [0.25, 0.3) is 0 Å². The fraction of sp³-hybridized carbons (Fsp3) is 0.467. The highest BCUT2D eigenvalue weighted by Crippen LogP contribution is 2.08. The number of benzene rings is 1. The maximum absolute atomic E-state index is 13.5. The smallest absolute Gasteiger partial charge is 0.321 e. The number of amides is 3. The van der Waals surface area contributed by atoms with Crippen LogP contribution in [0.25, 0.3) is 0 Å². The van der Waals surface area contributed by atoms with E-state index in [2.05, 4.69) is 10.6 Å². The van der Waals surface area contributed by atoms with Crippen molar-refractivity contribution in [2.75, 3.05) is 13.6 Å². The van der Waals surface area contributed by atoms with Gasteiger partial charge in [-0.25, -0.2) is 9.18 Å². The van der Waals surface area contributed by atoms with Crippen molar-refractivity contribution < 1.29 is 14.0 Å². The molecule has 1 aromatic rings. The second kappa shape index (κ2) is 8.36. The lowest BCUT2D eigenvalue weighted by Crippen LogP contribution is -2.46. The number of carbonyl (C=O) groups is 2. The zero-order valence-corrected chi connectivity index (χ0v) is 12.6. The molecule has 0 radical (unpaired) electrons. The SMILES string of the molecule is CC[C@H](C)NC(=O)NC(=O)CN(C)Cc1ccccc1F. The molecule has 0 aliphatic rings. The molecule has 0 fully saturated rings. The van der Waals surface area contributed by atoms with Crippen molar-refractivity contribution in [1.82, 2.24) is 15.5 Å². The van der Waals surface area contributed by atoms with E-state index >= 15 is 0 Å². The standard InChI is InChI=1S/C15H22FN3O2/c1-4-11(2)17-15(21)18-14(20)10-19(3)9-12-7-5-6-8-13(12)16/h5-8,11H,4,9-10H2,1-3H3,(H2,17,18,20,21)/t11-/m0/s1. The van der Waals surface area contributed by atoms with Gasteiger partial charge in [0, 0.05) is 18.2 Å². The summed E-state index contributed by atoms with van der Waals surface area (Å²) in [5.74, 6) is -0.728. The maximum atomic E-state index is 13.5. The highest BCUT2D eigenvalue weighted by Gasteiger charge is 2.13. The summed E-state index contributed by atoms with van der Waals surface area (Å²) in [6.07, 6.45) is 0.787. The van der Waals surface area contributed by atoms with Crippen LogP contribution in [0.2, 0.25) is 0 Å². The van der Waals surface area contributed by atoms with E-state index in [1.807, 2.05) is 13.8 Å². The number of rotatable bonds is 6. The molecule has 5 nitrogen and oxygen atoms in total.